The van der Waals surface area contributed by atoms with Crippen molar-refractivity contribution in [3.05, 3.63) is 41.2 Å². The number of halogens is 3. The van der Waals surface area contributed by atoms with Gasteiger partial charge in [-0.2, -0.15) is 0 Å². The van der Waals surface area contributed by atoms with Crippen molar-refractivity contribution < 1.29 is 27.9 Å². The number of aromatic nitrogens is 1. The fraction of sp³-hybridized carbons (Fsp3) is 0.409. The quantitative estimate of drug-likeness (QED) is 0.443. The number of hydrogen-bond donors (Lipinski definition) is 3. The van der Waals surface area contributed by atoms with Crippen molar-refractivity contribution >= 4 is 34.8 Å². The Morgan fingerprint density at radius 1 is 1.15 bits per heavy atom. The number of carboxylic acids is 1. The number of fused-ring (bicyclic) bond motifs is 1. The second kappa shape index (κ2) is 8.54. The molecule has 1 aromatic heterocycles. The van der Waals surface area contributed by atoms with Gasteiger partial charge in [0.15, 0.2) is 22.8 Å². The molecule has 1 saturated heterocycles. The maximum Gasteiger partial charge on any atom is 0.320 e. The minimum absolute atomic E-state index is 0.00551. The van der Waals surface area contributed by atoms with Gasteiger partial charge in [0.05, 0.1) is 16.9 Å². The lowest BCUT2D eigenvalue weighted by molar-refractivity contribution is -0.145. The predicted molar refractivity (Wildman–Crippen MR) is 116 cm³/mol. The fourth-order valence-corrected chi connectivity index (χ4v) is 4.34. The lowest BCUT2D eigenvalue weighted by Crippen LogP contribution is -2.56. The van der Waals surface area contributed by atoms with E-state index >= 15 is 4.39 Å². The monoisotopic (exact) mass is 463 g/mol. The topological polar surface area (TPSA) is 112 Å². The number of ketones is 1. The van der Waals surface area contributed by atoms with Gasteiger partial charge in [-0.25, -0.2) is 18.2 Å². The molecule has 2 aliphatic heterocycles. The van der Waals surface area contributed by atoms with Crippen molar-refractivity contribution in [1.82, 2.24) is 10.3 Å². The van der Waals surface area contributed by atoms with Crippen molar-refractivity contribution in [3.63, 3.8) is 0 Å². The minimum Gasteiger partial charge on any atom is -0.480 e. The van der Waals surface area contributed by atoms with Crippen LogP contribution in [0.15, 0.2) is 18.2 Å². The van der Waals surface area contributed by atoms with Gasteiger partial charge in [-0.05, 0) is 31.5 Å². The van der Waals surface area contributed by atoms with E-state index in [0.29, 0.717) is 25.7 Å². The van der Waals surface area contributed by atoms with Crippen LogP contribution in [0.1, 0.15) is 30.1 Å². The van der Waals surface area contributed by atoms with Crippen LogP contribution < -0.4 is 20.9 Å². The molecule has 0 radical (unpaired) electrons. The Morgan fingerprint density at radius 2 is 1.85 bits per heavy atom. The van der Waals surface area contributed by atoms with Crippen molar-refractivity contribution in [1.29, 1.82) is 0 Å². The first-order valence-corrected chi connectivity index (χ1v) is 10.7. The van der Waals surface area contributed by atoms with E-state index in [0.717, 1.165) is 25.0 Å². The number of carboxylic acid groups (broad SMARTS) is 1. The summed E-state index contributed by atoms with van der Waals surface area (Å²) < 4.78 is 43.8. The summed E-state index contributed by atoms with van der Waals surface area (Å²) in [7, 11) is 0. The number of nitrogen functional groups attached to an aromatic ring is 1. The Bertz CT molecular complexity index is 1120. The molecule has 4 rings (SSSR count). The Morgan fingerprint density at radius 3 is 2.48 bits per heavy atom. The number of anilines is 4. The molecule has 0 bridgehead atoms. The van der Waals surface area contributed by atoms with Gasteiger partial charge in [0.25, 0.3) is 0 Å². The number of carbonyl (C=O) groups excluding carboxylic acids is 1. The van der Waals surface area contributed by atoms with E-state index in [9.17, 15) is 23.5 Å². The van der Waals surface area contributed by atoms with Crippen molar-refractivity contribution in [3.8, 4) is 0 Å². The normalized spacial score (nSPS) is 20.3. The molecule has 0 saturated carbocycles. The second-order valence-electron chi connectivity index (χ2n) is 8.27. The fourth-order valence-electron chi connectivity index (χ4n) is 4.34. The summed E-state index contributed by atoms with van der Waals surface area (Å²) in [5.41, 5.74) is 2.70. The summed E-state index contributed by atoms with van der Waals surface area (Å²) in [6.45, 7) is 2.45. The van der Waals surface area contributed by atoms with Crippen LogP contribution in [0, 0.1) is 22.9 Å². The maximum atomic E-state index is 15.1. The average molecular weight is 463 g/mol. The van der Waals surface area contributed by atoms with E-state index in [1.807, 2.05) is 0 Å². The standard InChI is InChI=1S/C22H24F3N5O3/c1-2-27-10-22(21(32)33)11-30(17-9-16(26)13(23)8-14(17)24)19-12(18(22)31)7-15(25)20(28-19)29-5-3-4-6-29/h7-9,27H,2-6,10-11,26H2,1H3,(H,32,33). The van der Waals surface area contributed by atoms with E-state index in [1.54, 1.807) is 11.8 Å². The molecule has 4 N–H and O–H groups in total. The lowest BCUT2D eigenvalue weighted by Gasteiger charge is -2.40. The first-order valence-electron chi connectivity index (χ1n) is 10.7. The van der Waals surface area contributed by atoms with Gasteiger partial charge < -0.3 is 26.0 Å². The van der Waals surface area contributed by atoms with Crippen molar-refractivity contribution in [2.75, 3.05) is 48.3 Å². The van der Waals surface area contributed by atoms with Crippen molar-refractivity contribution in [2.24, 2.45) is 5.41 Å². The van der Waals surface area contributed by atoms with E-state index in [1.165, 1.54) is 4.90 Å². The van der Waals surface area contributed by atoms with Gasteiger partial charge in [-0.1, -0.05) is 6.92 Å². The molecular weight excluding hydrogens is 439 g/mol. The van der Waals surface area contributed by atoms with Crippen LogP contribution in [0.3, 0.4) is 0 Å². The third kappa shape index (κ3) is 3.75. The molecule has 0 aliphatic carbocycles. The highest BCUT2D eigenvalue weighted by molar-refractivity contribution is 6.17. The Balaban J connectivity index is 1.95. The van der Waals surface area contributed by atoms with Crippen LogP contribution in [-0.2, 0) is 4.79 Å². The van der Waals surface area contributed by atoms with Crippen LogP contribution >= 0.6 is 0 Å². The zero-order valence-electron chi connectivity index (χ0n) is 18.0. The van der Waals surface area contributed by atoms with E-state index < -0.39 is 41.2 Å². The average Bonchev–Trinajstić information content (AvgIpc) is 3.30. The molecule has 2 aromatic rings. The number of nitrogens with two attached hydrogens (primary N) is 1. The maximum absolute atomic E-state index is 15.1. The summed E-state index contributed by atoms with van der Waals surface area (Å²) in [6.07, 6.45) is 1.68. The van der Waals surface area contributed by atoms with Gasteiger partial charge in [0, 0.05) is 32.2 Å². The summed E-state index contributed by atoms with van der Waals surface area (Å²) in [5, 5.41) is 12.9. The van der Waals surface area contributed by atoms with Gasteiger partial charge in [0.1, 0.15) is 17.5 Å². The van der Waals surface area contributed by atoms with Crippen LogP contribution in [-0.4, -0.2) is 54.6 Å². The highest BCUT2D eigenvalue weighted by atomic mass is 19.1. The van der Waals surface area contributed by atoms with Crippen molar-refractivity contribution in [2.45, 2.75) is 19.8 Å². The number of aliphatic carboxylic acids is 1. The minimum atomic E-state index is -2.05. The number of hydrogen-bond acceptors (Lipinski definition) is 7. The van der Waals surface area contributed by atoms with Gasteiger partial charge in [-0.3, -0.25) is 9.59 Å². The molecule has 1 aromatic carbocycles. The zero-order chi connectivity index (χ0) is 23.9. The molecule has 176 valence electrons. The molecule has 0 spiro atoms. The first-order chi connectivity index (χ1) is 15.7. The molecule has 11 heteroatoms. The Labute approximate surface area is 188 Å². The van der Waals surface area contributed by atoms with Gasteiger partial charge in [0.2, 0.25) is 0 Å². The number of nitrogens with zero attached hydrogens (tertiary/aromatic N) is 3. The number of nitrogens with one attached hydrogen (secondary N) is 1. The van der Waals surface area contributed by atoms with E-state index in [2.05, 4.69) is 10.3 Å². The third-order valence-electron chi connectivity index (χ3n) is 6.15. The summed E-state index contributed by atoms with van der Waals surface area (Å²) in [6, 6.07) is 2.56. The molecule has 3 heterocycles. The smallest absolute Gasteiger partial charge is 0.320 e. The number of rotatable bonds is 6. The molecular formula is C22H24F3N5O3. The molecule has 0 amide bonds. The van der Waals surface area contributed by atoms with Crippen LogP contribution in [0.2, 0.25) is 0 Å². The largest absolute Gasteiger partial charge is 0.480 e. The first kappa shape index (κ1) is 22.8. The summed E-state index contributed by atoms with van der Waals surface area (Å²) >= 11 is 0. The molecule has 33 heavy (non-hydrogen) atoms. The summed E-state index contributed by atoms with van der Waals surface area (Å²) in [4.78, 5) is 33.0. The van der Waals surface area contributed by atoms with Crippen LogP contribution in [0.4, 0.5) is 36.2 Å². The predicted octanol–water partition coefficient (Wildman–Crippen LogP) is 2.70. The number of pyridine rings is 1. The summed E-state index contributed by atoms with van der Waals surface area (Å²) in [5.74, 6) is -5.16. The molecule has 2 aliphatic rings. The number of Topliss-reactive ketones (excluding diaryl/α,β-unsaturated/α-hetero) is 1. The third-order valence-corrected chi connectivity index (χ3v) is 6.15. The Hall–Kier alpha value is -3.34. The number of benzene rings is 1. The highest BCUT2D eigenvalue weighted by Crippen LogP contribution is 2.43. The van der Waals surface area contributed by atoms with Crippen LogP contribution in [0.25, 0.3) is 0 Å². The SMILES string of the molecule is CCNCC1(C(=O)O)CN(c2cc(N)c(F)cc2F)c2nc(N3CCCC3)c(F)cc2C1=O. The van der Waals surface area contributed by atoms with Gasteiger partial charge >= 0.3 is 5.97 Å². The van der Waals surface area contributed by atoms with E-state index in [4.69, 9.17) is 5.73 Å². The zero-order valence-corrected chi connectivity index (χ0v) is 18.0. The van der Waals surface area contributed by atoms with Gasteiger partial charge in [-0.15, -0.1) is 0 Å². The molecule has 1 fully saturated rings. The molecule has 1 unspecified atom stereocenters. The molecule has 8 nitrogen and oxygen atoms in total. The molecule has 1 atom stereocenters. The Kier molecular flexibility index (Phi) is 5.91. The second-order valence-corrected chi connectivity index (χ2v) is 8.27. The highest BCUT2D eigenvalue weighted by Gasteiger charge is 2.53. The lowest BCUT2D eigenvalue weighted by atomic mass is 9.76. The number of carbonyl (C=O) groups is 2. The van der Waals surface area contributed by atoms with E-state index in [-0.39, 0.29) is 35.1 Å². The van der Waals surface area contributed by atoms with Crippen LogP contribution in [0.5, 0.6) is 0 Å².